The van der Waals surface area contributed by atoms with Crippen LogP contribution < -0.4 is 10.1 Å². The van der Waals surface area contributed by atoms with Gasteiger partial charge in [-0.1, -0.05) is 49.4 Å². The van der Waals surface area contributed by atoms with Crippen molar-refractivity contribution in [3.05, 3.63) is 65.5 Å². The third-order valence-corrected chi connectivity index (χ3v) is 3.84. The lowest BCUT2D eigenvalue weighted by Gasteiger charge is -2.24. The SMILES string of the molecule is CNC(c1ccccc1)C(C)Cc1cccc(OC)c1F. The lowest BCUT2D eigenvalue weighted by molar-refractivity contribution is 0.374. The number of methoxy groups -OCH3 is 1. The van der Waals surface area contributed by atoms with Crippen molar-refractivity contribution < 1.29 is 9.13 Å². The van der Waals surface area contributed by atoms with E-state index in [0.717, 1.165) is 0 Å². The fourth-order valence-electron chi connectivity index (χ4n) is 2.78. The van der Waals surface area contributed by atoms with Gasteiger partial charge >= 0.3 is 0 Å². The third kappa shape index (κ3) is 3.61. The van der Waals surface area contributed by atoms with Crippen molar-refractivity contribution in [1.82, 2.24) is 5.32 Å². The molecule has 2 unspecified atom stereocenters. The molecule has 0 radical (unpaired) electrons. The Bertz CT molecular complexity index is 571. The van der Waals surface area contributed by atoms with Gasteiger partial charge in [-0.25, -0.2) is 4.39 Å². The van der Waals surface area contributed by atoms with Crippen LogP contribution in [0, 0.1) is 11.7 Å². The second-order valence-corrected chi connectivity index (χ2v) is 5.29. The Balaban J connectivity index is 2.18. The molecule has 21 heavy (non-hydrogen) atoms. The minimum absolute atomic E-state index is 0.191. The van der Waals surface area contributed by atoms with Gasteiger partial charge in [0.15, 0.2) is 11.6 Å². The van der Waals surface area contributed by atoms with Crippen molar-refractivity contribution in [3.63, 3.8) is 0 Å². The summed E-state index contributed by atoms with van der Waals surface area (Å²) in [5.74, 6) is 0.314. The van der Waals surface area contributed by atoms with Gasteiger partial charge in [-0.15, -0.1) is 0 Å². The van der Waals surface area contributed by atoms with Gasteiger partial charge in [-0.2, -0.15) is 0 Å². The van der Waals surface area contributed by atoms with Crippen molar-refractivity contribution in [2.45, 2.75) is 19.4 Å². The van der Waals surface area contributed by atoms with E-state index >= 15 is 0 Å². The highest BCUT2D eigenvalue weighted by atomic mass is 19.1. The van der Waals surface area contributed by atoms with E-state index in [1.54, 1.807) is 6.07 Å². The summed E-state index contributed by atoms with van der Waals surface area (Å²) in [5.41, 5.74) is 1.91. The second kappa shape index (κ2) is 7.23. The van der Waals surface area contributed by atoms with Crippen LogP contribution in [0.1, 0.15) is 24.1 Å². The molecule has 2 nitrogen and oxygen atoms in total. The summed E-state index contributed by atoms with van der Waals surface area (Å²) in [5, 5.41) is 3.33. The number of benzene rings is 2. The minimum atomic E-state index is -0.255. The quantitative estimate of drug-likeness (QED) is 0.868. The maximum atomic E-state index is 14.3. The van der Waals surface area contributed by atoms with Crippen molar-refractivity contribution in [2.75, 3.05) is 14.2 Å². The Morgan fingerprint density at radius 1 is 1.10 bits per heavy atom. The van der Waals surface area contributed by atoms with E-state index in [4.69, 9.17) is 4.74 Å². The molecule has 2 aromatic carbocycles. The highest BCUT2D eigenvalue weighted by molar-refractivity contribution is 5.31. The molecule has 0 saturated heterocycles. The lowest BCUT2D eigenvalue weighted by Crippen LogP contribution is -2.25. The molecule has 0 amide bonds. The van der Waals surface area contributed by atoms with Gasteiger partial charge in [0.05, 0.1) is 7.11 Å². The molecule has 2 rings (SSSR count). The molecule has 0 aliphatic rings. The molecule has 0 fully saturated rings. The Kier molecular flexibility index (Phi) is 5.34. The van der Waals surface area contributed by atoms with Crippen LogP contribution in [-0.4, -0.2) is 14.2 Å². The number of halogens is 1. The Morgan fingerprint density at radius 3 is 2.43 bits per heavy atom. The molecule has 2 atom stereocenters. The number of hydrogen-bond donors (Lipinski definition) is 1. The van der Waals surface area contributed by atoms with Crippen LogP contribution in [-0.2, 0) is 6.42 Å². The van der Waals surface area contributed by atoms with E-state index in [1.807, 2.05) is 37.4 Å². The standard InChI is InChI=1S/C18H22FNO/c1-13(18(20-2)14-8-5-4-6-9-14)12-15-10-7-11-16(21-3)17(15)19/h4-11,13,18,20H,12H2,1-3H3. The fraction of sp³-hybridized carbons (Fsp3) is 0.333. The van der Waals surface area contributed by atoms with Crippen molar-refractivity contribution in [2.24, 2.45) is 5.92 Å². The lowest BCUT2D eigenvalue weighted by atomic mass is 9.89. The summed E-state index contributed by atoms with van der Waals surface area (Å²) >= 11 is 0. The molecule has 0 aromatic heterocycles. The average molecular weight is 287 g/mol. The molecule has 0 aliphatic carbocycles. The zero-order chi connectivity index (χ0) is 15.2. The maximum absolute atomic E-state index is 14.3. The molecule has 3 heteroatoms. The summed E-state index contributed by atoms with van der Waals surface area (Å²) in [6, 6.07) is 15.7. The van der Waals surface area contributed by atoms with Crippen LogP contribution in [0.2, 0.25) is 0 Å². The third-order valence-electron chi connectivity index (χ3n) is 3.84. The first-order chi connectivity index (χ1) is 10.2. The normalized spacial score (nSPS) is 13.7. The van der Waals surface area contributed by atoms with E-state index < -0.39 is 0 Å². The Morgan fingerprint density at radius 2 is 1.81 bits per heavy atom. The predicted molar refractivity (Wildman–Crippen MR) is 84.1 cm³/mol. The van der Waals surface area contributed by atoms with Crippen LogP contribution >= 0.6 is 0 Å². The highest BCUT2D eigenvalue weighted by Crippen LogP contribution is 2.28. The second-order valence-electron chi connectivity index (χ2n) is 5.29. The van der Waals surface area contributed by atoms with Crippen molar-refractivity contribution in [1.29, 1.82) is 0 Å². The van der Waals surface area contributed by atoms with E-state index in [-0.39, 0.29) is 17.8 Å². The number of ether oxygens (including phenoxy) is 1. The Labute approximate surface area is 126 Å². The summed E-state index contributed by atoms with van der Waals surface area (Å²) in [4.78, 5) is 0. The number of nitrogens with one attached hydrogen (secondary N) is 1. The molecule has 0 spiro atoms. The average Bonchev–Trinajstić information content (AvgIpc) is 2.51. The largest absolute Gasteiger partial charge is 0.494 e. The van der Waals surface area contributed by atoms with Gasteiger partial charge in [0.2, 0.25) is 0 Å². The zero-order valence-electron chi connectivity index (χ0n) is 12.8. The number of hydrogen-bond acceptors (Lipinski definition) is 2. The summed E-state index contributed by atoms with van der Waals surface area (Å²) < 4.78 is 19.3. The molecule has 112 valence electrons. The molecule has 0 bridgehead atoms. The van der Waals surface area contributed by atoms with Crippen molar-refractivity contribution >= 4 is 0 Å². The molecule has 1 N–H and O–H groups in total. The Hall–Kier alpha value is -1.87. The first kappa shape index (κ1) is 15.5. The summed E-state index contributed by atoms with van der Waals surface area (Å²) in [6.07, 6.45) is 0.656. The molecule has 0 saturated carbocycles. The summed E-state index contributed by atoms with van der Waals surface area (Å²) in [6.45, 7) is 2.13. The van der Waals surface area contributed by atoms with Gasteiger partial charge < -0.3 is 10.1 Å². The maximum Gasteiger partial charge on any atom is 0.168 e. The molecule has 0 heterocycles. The smallest absolute Gasteiger partial charge is 0.168 e. The van der Waals surface area contributed by atoms with E-state index in [2.05, 4.69) is 24.4 Å². The first-order valence-electron chi connectivity index (χ1n) is 7.21. The van der Waals surface area contributed by atoms with Gasteiger partial charge in [-0.05, 0) is 36.6 Å². The molecule has 0 aliphatic heterocycles. The van der Waals surface area contributed by atoms with E-state index in [9.17, 15) is 4.39 Å². The topological polar surface area (TPSA) is 21.3 Å². The predicted octanol–water partition coefficient (Wildman–Crippen LogP) is 3.97. The minimum Gasteiger partial charge on any atom is -0.494 e. The zero-order valence-corrected chi connectivity index (χ0v) is 12.8. The van der Waals surface area contributed by atoms with Gasteiger partial charge in [-0.3, -0.25) is 0 Å². The highest BCUT2D eigenvalue weighted by Gasteiger charge is 2.20. The van der Waals surface area contributed by atoms with Gasteiger partial charge in [0, 0.05) is 6.04 Å². The van der Waals surface area contributed by atoms with Gasteiger partial charge in [0.1, 0.15) is 0 Å². The fourth-order valence-corrected chi connectivity index (χ4v) is 2.78. The van der Waals surface area contributed by atoms with Crippen molar-refractivity contribution in [3.8, 4) is 5.75 Å². The molecule has 2 aromatic rings. The first-order valence-corrected chi connectivity index (χ1v) is 7.21. The van der Waals surface area contributed by atoms with Crippen LogP contribution in [0.25, 0.3) is 0 Å². The monoisotopic (exact) mass is 287 g/mol. The molecular weight excluding hydrogens is 265 g/mol. The van der Waals surface area contributed by atoms with Crippen LogP contribution in [0.15, 0.2) is 48.5 Å². The van der Waals surface area contributed by atoms with E-state index in [1.165, 1.54) is 12.7 Å². The van der Waals surface area contributed by atoms with Gasteiger partial charge in [0.25, 0.3) is 0 Å². The van der Waals surface area contributed by atoms with E-state index in [0.29, 0.717) is 17.7 Å². The molecular formula is C18H22FNO. The number of rotatable bonds is 6. The summed E-state index contributed by atoms with van der Waals surface area (Å²) in [7, 11) is 3.43. The van der Waals surface area contributed by atoms with Crippen LogP contribution in [0.3, 0.4) is 0 Å². The van der Waals surface area contributed by atoms with Crippen LogP contribution in [0.5, 0.6) is 5.75 Å². The van der Waals surface area contributed by atoms with Crippen LogP contribution in [0.4, 0.5) is 4.39 Å².